The standard InChI is InChI=1S/C12H8BrNO/c13-7-1-3-9-10-6-8(15)2-4-11(10)14-12(9)5-7/h1-6,14-15H. The van der Waals surface area contributed by atoms with E-state index in [4.69, 9.17) is 0 Å². The number of aromatic hydroxyl groups is 1. The molecule has 0 saturated heterocycles. The van der Waals surface area contributed by atoms with Crippen LogP contribution in [0.25, 0.3) is 21.8 Å². The van der Waals surface area contributed by atoms with Gasteiger partial charge in [-0.3, -0.25) is 0 Å². The van der Waals surface area contributed by atoms with Gasteiger partial charge in [0.15, 0.2) is 0 Å². The molecule has 2 N–H and O–H groups in total. The molecule has 0 atom stereocenters. The monoisotopic (exact) mass is 261 g/mol. The topological polar surface area (TPSA) is 36.0 Å². The third-order valence-electron chi connectivity index (χ3n) is 2.54. The Bertz CT molecular complexity index is 657. The maximum absolute atomic E-state index is 9.44. The average molecular weight is 262 g/mol. The molecule has 0 saturated carbocycles. The molecular weight excluding hydrogens is 254 g/mol. The van der Waals surface area contributed by atoms with Gasteiger partial charge in [-0.1, -0.05) is 22.0 Å². The van der Waals surface area contributed by atoms with E-state index in [-0.39, 0.29) is 0 Å². The molecule has 74 valence electrons. The average Bonchev–Trinajstić information content (AvgIpc) is 2.54. The van der Waals surface area contributed by atoms with Crippen LogP contribution in [0.2, 0.25) is 0 Å². The van der Waals surface area contributed by atoms with E-state index in [2.05, 4.69) is 20.9 Å². The van der Waals surface area contributed by atoms with E-state index in [9.17, 15) is 5.11 Å². The zero-order valence-corrected chi connectivity index (χ0v) is 9.38. The summed E-state index contributed by atoms with van der Waals surface area (Å²) in [5, 5.41) is 11.6. The summed E-state index contributed by atoms with van der Waals surface area (Å²) < 4.78 is 1.05. The quantitative estimate of drug-likeness (QED) is 0.635. The van der Waals surface area contributed by atoms with Crippen molar-refractivity contribution in [3.05, 3.63) is 40.9 Å². The minimum absolute atomic E-state index is 0.298. The number of H-pyrrole nitrogens is 1. The first-order chi connectivity index (χ1) is 7.24. The van der Waals surface area contributed by atoms with Crippen LogP contribution in [-0.4, -0.2) is 10.1 Å². The van der Waals surface area contributed by atoms with E-state index in [1.165, 1.54) is 0 Å². The van der Waals surface area contributed by atoms with Crippen LogP contribution in [0.4, 0.5) is 0 Å². The Morgan fingerprint density at radius 2 is 1.80 bits per heavy atom. The van der Waals surface area contributed by atoms with Crippen molar-refractivity contribution in [1.29, 1.82) is 0 Å². The molecule has 0 aliphatic rings. The predicted octanol–water partition coefficient (Wildman–Crippen LogP) is 3.79. The Labute approximate surface area is 94.7 Å². The Balaban J connectivity index is 2.53. The molecule has 3 rings (SSSR count). The fourth-order valence-corrected chi connectivity index (χ4v) is 2.23. The van der Waals surface area contributed by atoms with Crippen molar-refractivity contribution in [3.8, 4) is 5.75 Å². The third kappa shape index (κ3) is 1.31. The molecule has 1 heterocycles. The van der Waals surface area contributed by atoms with Gasteiger partial charge in [0.25, 0.3) is 0 Å². The first kappa shape index (κ1) is 8.80. The highest BCUT2D eigenvalue weighted by atomic mass is 79.9. The number of nitrogens with one attached hydrogen (secondary N) is 1. The van der Waals surface area contributed by atoms with Crippen LogP contribution in [0.5, 0.6) is 5.75 Å². The summed E-state index contributed by atoms with van der Waals surface area (Å²) >= 11 is 3.43. The molecule has 0 fully saturated rings. The highest BCUT2D eigenvalue weighted by molar-refractivity contribution is 9.10. The van der Waals surface area contributed by atoms with Gasteiger partial charge in [0.2, 0.25) is 0 Å². The lowest BCUT2D eigenvalue weighted by molar-refractivity contribution is 0.476. The SMILES string of the molecule is Oc1ccc2[nH]c3cc(Br)ccc3c2c1. The second-order valence-electron chi connectivity index (χ2n) is 3.54. The lowest BCUT2D eigenvalue weighted by Crippen LogP contribution is -1.67. The number of phenols is 1. The van der Waals surface area contributed by atoms with Crippen LogP contribution in [0.3, 0.4) is 0 Å². The van der Waals surface area contributed by atoms with Gasteiger partial charge in [-0.2, -0.15) is 0 Å². The van der Waals surface area contributed by atoms with Crippen molar-refractivity contribution in [2.45, 2.75) is 0 Å². The van der Waals surface area contributed by atoms with Crippen LogP contribution < -0.4 is 0 Å². The Morgan fingerprint density at radius 3 is 2.67 bits per heavy atom. The molecule has 1 aromatic heterocycles. The Hall–Kier alpha value is -1.48. The van der Waals surface area contributed by atoms with E-state index in [1.807, 2.05) is 24.3 Å². The predicted molar refractivity (Wildman–Crippen MR) is 65.2 cm³/mol. The molecular formula is C12H8BrNO. The van der Waals surface area contributed by atoms with Crippen molar-refractivity contribution in [3.63, 3.8) is 0 Å². The van der Waals surface area contributed by atoms with E-state index < -0.39 is 0 Å². The van der Waals surface area contributed by atoms with Crippen molar-refractivity contribution >= 4 is 37.7 Å². The van der Waals surface area contributed by atoms with Crippen molar-refractivity contribution in [2.24, 2.45) is 0 Å². The maximum Gasteiger partial charge on any atom is 0.116 e. The normalized spacial score (nSPS) is 11.3. The molecule has 0 bridgehead atoms. The fraction of sp³-hybridized carbons (Fsp3) is 0. The first-order valence-electron chi connectivity index (χ1n) is 4.64. The summed E-state index contributed by atoms with van der Waals surface area (Å²) in [6.07, 6.45) is 0. The molecule has 15 heavy (non-hydrogen) atoms. The highest BCUT2D eigenvalue weighted by Crippen LogP contribution is 2.29. The van der Waals surface area contributed by atoms with Gasteiger partial charge in [0.1, 0.15) is 5.75 Å². The number of benzene rings is 2. The highest BCUT2D eigenvalue weighted by Gasteiger charge is 2.04. The van der Waals surface area contributed by atoms with Gasteiger partial charge < -0.3 is 10.1 Å². The summed E-state index contributed by atoms with van der Waals surface area (Å²) in [6.45, 7) is 0. The number of hydrogen-bond donors (Lipinski definition) is 2. The zero-order chi connectivity index (χ0) is 10.4. The molecule has 0 aliphatic heterocycles. The zero-order valence-electron chi connectivity index (χ0n) is 7.79. The molecule has 3 heteroatoms. The van der Waals surface area contributed by atoms with E-state index >= 15 is 0 Å². The minimum Gasteiger partial charge on any atom is -0.508 e. The smallest absolute Gasteiger partial charge is 0.116 e. The Morgan fingerprint density at radius 1 is 0.933 bits per heavy atom. The number of halogens is 1. The summed E-state index contributed by atoms with van der Waals surface area (Å²) in [4.78, 5) is 3.30. The van der Waals surface area contributed by atoms with Crippen LogP contribution in [0, 0.1) is 0 Å². The number of fused-ring (bicyclic) bond motifs is 3. The summed E-state index contributed by atoms with van der Waals surface area (Å²) in [7, 11) is 0. The number of aromatic nitrogens is 1. The van der Waals surface area contributed by atoms with Crippen LogP contribution in [0.1, 0.15) is 0 Å². The van der Waals surface area contributed by atoms with E-state index in [1.54, 1.807) is 12.1 Å². The largest absolute Gasteiger partial charge is 0.508 e. The maximum atomic E-state index is 9.44. The number of rotatable bonds is 0. The van der Waals surface area contributed by atoms with Gasteiger partial charge in [0.05, 0.1) is 0 Å². The third-order valence-corrected chi connectivity index (χ3v) is 3.04. The number of aromatic amines is 1. The molecule has 2 aromatic carbocycles. The lowest BCUT2D eigenvalue weighted by Gasteiger charge is -1.93. The van der Waals surface area contributed by atoms with E-state index in [0.717, 1.165) is 26.3 Å². The Kier molecular flexibility index (Phi) is 1.76. The van der Waals surface area contributed by atoms with Gasteiger partial charge in [-0.15, -0.1) is 0 Å². The molecule has 3 aromatic rings. The molecule has 0 aliphatic carbocycles. The lowest BCUT2D eigenvalue weighted by atomic mass is 10.1. The van der Waals surface area contributed by atoms with Gasteiger partial charge >= 0.3 is 0 Å². The molecule has 0 radical (unpaired) electrons. The second-order valence-corrected chi connectivity index (χ2v) is 4.46. The van der Waals surface area contributed by atoms with Crippen molar-refractivity contribution in [1.82, 2.24) is 4.98 Å². The van der Waals surface area contributed by atoms with Crippen LogP contribution >= 0.6 is 15.9 Å². The second kappa shape index (κ2) is 3.00. The summed E-state index contributed by atoms with van der Waals surface area (Å²) in [5.41, 5.74) is 2.12. The summed E-state index contributed by atoms with van der Waals surface area (Å²) in [6, 6.07) is 11.4. The summed E-state index contributed by atoms with van der Waals surface area (Å²) in [5.74, 6) is 0.298. The van der Waals surface area contributed by atoms with Gasteiger partial charge in [-0.05, 0) is 30.3 Å². The van der Waals surface area contributed by atoms with Crippen molar-refractivity contribution < 1.29 is 5.11 Å². The first-order valence-corrected chi connectivity index (χ1v) is 5.43. The molecule has 0 amide bonds. The fourth-order valence-electron chi connectivity index (χ4n) is 1.86. The van der Waals surface area contributed by atoms with Gasteiger partial charge in [-0.25, -0.2) is 0 Å². The van der Waals surface area contributed by atoms with Gasteiger partial charge in [0, 0.05) is 26.3 Å². The van der Waals surface area contributed by atoms with E-state index in [0.29, 0.717) is 5.75 Å². The molecule has 0 spiro atoms. The minimum atomic E-state index is 0.298. The van der Waals surface area contributed by atoms with Crippen molar-refractivity contribution in [2.75, 3.05) is 0 Å². The number of hydrogen-bond acceptors (Lipinski definition) is 1. The molecule has 0 unspecified atom stereocenters. The number of phenolic OH excluding ortho intramolecular Hbond substituents is 1. The van der Waals surface area contributed by atoms with Crippen LogP contribution in [-0.2, 0) is 0 Å². The van der Waals surface area contributed by atoms with Crippen LogP contribution in [0.15, 0.2) is 40.9 Å². The molecule has 2 nitrogen and oxygen atoms in total.